The zero-order valence-corrected chi connectivity index (χ0v) is 10.9. The number of aromatic carboxylic acids is 1. The first-order valence-electron chi connectivity index (χ1n) is 5.63. The van der Waals surface area contributed by atoms with E-state index in [-0.39, 0.29) is 0 Å². The van der Waals surface area contributed by atoms with Crippen molar-refractivity contribution >= 4 is 17.3 Å². The van der Waals surface area contributed by atoms with Gasteiger partial charge in [0, 0.05) is 4.88 Å². The third-order valence-corrected chi connectivity index (χ3v) is 3.70. The molecule has 0 radical (unpaired) electrons. The molecule has 0 aliphatic heterocycles. The number of thiophene rings is 1. The molecular weight excluding hydrogens is 248 g/mol. The van der Waals surface area contributed by atoms with Crippen molar-refractivity contribution < 1.29 is 14.6 Å². The minimum Gasteiger partial charge on any atom is -0.497 e. The number of carboxylic acid groups (broad SMARTS) is 1. The molecule has 1 heterocycles. The molecule has 0 unspecified atom stereocenters. The number of benzene rings is 1. The van der Waals surface area contributed by atoms with Crippen LogP contribution < -0.4 is 4.74 Å². The summed E-state index contributed by atoms with van der Waals surface area (Å²) in [6.45, 7) is 0. The topological polar surface area (TPSA) is 46.5 Å². The Morgan fingerprint density at radius 1 is 1.33 bits per heavy atom. The number of rotatable bonds is 5. The van der Waals surface area contributed by atoms with Gasteiger partial charge in [0.2, 0.25) is 0 Å². The van der Waals surface area contributed by atoms with Crippen LogP contribution in [0, 0.1) is 0 Å². The van der Waals surface area contributed by atoms with Crippen molar-refractivity contribution in [1.29, 1.82) is 0 Å². The zero-order chi connectivity index (χ0) is 13.0. The van der Waals surface area contributed by atoms with Gasteiger partial charge >= 0.3 is 5.97 Å². The number of aryl methyl sites for hydroxylation is 2. The van der Waals surface area contributed by atoms with Gasteiger partial charge in [0.25, 0.3) is 0 Å². The molecule has 0 aliphatic carbocycles. The van der Waals surface area contributed by atoms with Gasteiger partial charge in [-0.3, -0.25) is 0 Å². The van der Waals surface area contributed by atoms with Crippen molar-refractivity contribution in [2.75, 3.05) is 7.11 Å². The average Bonchev–Trinajstić information content (AvgIpc) is 2.89. The van der Waals surface area contributed by atoms with Crippen LogP contribution in [-0.2, 0) is 12.8 Å². The molecule has 0 saturated heterocycles. The molecule has 0 aliphatic rings. The molecule has 94 valence electrons. The molecule has 2 aromatic rings. The van der Waals surface area contributed by atoms with Crippen LogP contribution in [0.2, 0.25) is 0 Å². The molecule has 3 nitrogen and oxygen atoms in total. The van der Waals surface area contributed by atoms with Crippen molar-refractivity contribution in [3.05, 3.63) is 51.7 Å². The van der Waals surface area contributed by atoms with E-state index in [1.807, 2.05) is 17.5 Å². The van der Waals surface area contributed by atoms with Gasteiger partial charge in [0.1, 0.15) is 5.75 Å². The normalized spacial score (nSPS) is 10.3. The Kier molecular flexibility index (Phi) is 3.99. The number of methoxy groups -OCH3 is 1. The highest BCUT2D eigenvalue weighted by molar-refractivity contribution is 7.09. The summed E-state index contributed by atoms with van der Waals surface area (Å²) in [7, 11) is 1.53. The van der Waals surface area contributed by atoms with Crippen molar-refractivity contribution in [3.63, 3.8) is 0 Å². The zero-order valence-electron chi connectivity index (χ0n) is 10.1. The Bertz CT molecular complexity index is 532. The lowest BCUT2D eigenvalue weighted by atomic mass is 10.0. The van der Waals surface area contributed by atoms with Crippen LogP contribution in [0.5, 0.6) is 5.75 Å². The quantitative estimate of drug-likeness (QED) is 0.899. The monoisotopic (exact) mass is 262 g/mol. The van der Waals surface area contributed by atoms with Gasteiger partial charge in [-0.15, -0.1) is 11.3 Å². The van der Waals surface area contributed by atoms with Crippen LogP contribution in [0.3, 0.4) is 0 Å². The van der Waals surface area contributed by atoms with E-state index in [1.54, 1.807) is 23.5 Å². The highest BCUT2D eigenvalue weighted by atomic mass is 32.1. The molecule has 18 heavy (non-hydrogen) atoms. The van der Waals surface area contributed by atoms with E-state index in [0.717, 1.165) is 18.4 Å². The third kappa shape index (κ3) is 2.90. The average molecular weight is 262 g/mol. The second kappa shape index (κ2) is 5.69. The number of carbonyl (C=O) groups is 1. The molecule has 1 N–H and O–H groups in total. The minimum absolute atomic E-state index is 0.325. The predicted molar refractivity (Wildman–Crippen MR) is 71.7 cm³/mol. The van der Waals surface area contributed by atoms with Crippen LogP contribution >= 0.6 is 11.3 Å². The van der Waals surface area contributed by atoms with E-state index in [2.05, 4.69) is 6.07 Å². The van der Waals surface area contributed by atoms with Crippen molar-refractivity contribution in [3.8, 4) is 5.75 Å². The standard InChI is InChI=1S/C14H14O3S/c1-17-11-6-4-10(13(9-11)14(15)16)5-7-12-3-2-8-18-12/h2-4,6,8-9H,5,7H2,1H3,(H,15,16). The fourth-order valence-corrected chi connectivity index (χ4v) is 2.52. The second-order valence-corrected chi connectivity index (χ2v) is 4.94. The summed E-state index contributed by atoms with van der Waals surface area (Å²) < 4.78 is 5.05. The van der Waals surface area contributed by atoms with Crippen LogP contribution in [0.1, 0.15) is 20.8 Å². The first-order chi connectivity index (χ1) is 8.70. The van der Waals surface area contributed by atoms with Gasteiger partial charge in [0.05, 0.1) is 12.7 Å². The van der Waals surface area contributed by atoms with E-state index >= 15 is 0 Å². The Morgan fingerprint density at radius 2 is 2.17 bits per heavy atom. The van der Waals surface area contributed by atoms with Gasteiger partial charge < -0.3 is 9.84 Å². The van der Waals surface area contributed by atoms with Gasteiger partial charge in [-0.1, -0.05) is 12.1 Å². The lowest BCUT2D eigenvalue weighted by Crippen LogP contribution is -2.04. The lowest BCUT2D eigenvalue weighted by Gasteiger charge is -2.07. The molecule has 0 fully saturated rings. The molecule has 1 aromatic heterocycles. The number of ether oxygens (including phenoxy) is 1. The molecule has 4 heteroatoms. The summed E-state index contributed by atoms with van der Waals surface area (Å²) in [6, 6.07) is 9.28. The summed E-state index contributed by atoms with van der Waals surface area (Å²) >= 11 is 1.69. The number of carboxylic acids is 1. The van der Waals surface area contributed by atoms with E-state index in [9.17, 15) is 9.90 Å². The number of hydrogen-bond donors (Lipinski definition) is 1. The van der Waals surface area contributed by atoms with Gasteiger partial charge in [-0.25, -0.2) is 4.79 Å². The molecule has 0 saturated carbocycles. The maximum Gasteiger partial charge on any atom is 0.336 e. The molecule has 0 amide bonds. The highest BCUT2D eigenvalue weighted by Crippen LogP contribution is 2.20. The van der Waals surface area contributed by atoms with Gasteiger partial charge in [-0.05, 0) is 42.0 Å². The fraction of sp³-hybridized carbons (Fsp3) is 0.214. The molecule has 1 aromatic carbocycles. The summed E-state index contributed by atoms with van der Waals surface area (Å²) in [4.78, 5) is 12.5. The summed E-state index contributed by atoms with van der Waals surface area (Å²) in [5, 5.41) is 11.2. The first-order valence-corrected chi connectivity index (χ1v) is 6.51. The first kappa shape index (κ1) is 12.6. The van der Waals surface area contributed by atoms with E-state index in [4.69, 9.17) is 4.74 Å². The van der Waals surface area contributed by atoms with Crippen molar-refractivity contribution in [2.24, 2.45) is 0 Å². The van der Waals surface area contributed by atoms with Crippen LogP contribution in [-0.4, -0.2) is 18.2 Å². The Hall–Kier alpha value is -1.81. The number of hydrogen-bond acceptors (Lipinski definition) is 3. The fourth-order valence-electron chi connectivity index (χ4n) is 1.81. The predicted octanol–water partition coefficient (Wildman–Crippen LogP) is 3.24. The molecule has 0 spiro atoms. The van der Waals surface area contributed by atoms with Gasteiger partial charge in [-0.2, -0.15) is 0 Å². The lowest BCUT2D eigenvalue weighted by molar-refractivity contribution is 0.0695. The Morgan fingerprint density at radius 3 is 2.78 bits per heavy atom. The maximum absolute atomic E-state index is 11.2. The summed E-state index contributed by atoms with van der Waals surface area (Å²) in [5.74, 6) is -0.331. The van der Waals surface area contributed by atoms with Crippen LogP contribution in [0.4, 0.5) is 0 Å². The van der Waals surface area contributed by atoms with E-state index < -0.39 is 5.97 Å². The van der Waals surface area contributed by atoms with E-state index in [0.29, 0.717) is 11.3 Å². The van der Waals surface area contributed by atoms with E-state index in [1.165, 1.54) is 12.0 Å². The molecular formula is C14H14O3S. The van der Waals surface area contributed by atoms with Crippen LogP contribution in [0.25, 0.3) is 0 Å². The SMILES string of the molecule is COc1ccc(CCc2cccs2)c(C(=O)O)c1. The maximum atomic E-state index is 11.2. The molecule has 2 rings (SSSR count). The highest BCUT2D eigenvalue weighted by Gasteiger charge is 2.11. The summed E-state index contributed by atoms with van der Waals surface area (Å²) in [6.07, 6.45) is 1.59. The largest absolute Gasteiger partial charge is 0.497 e. The minimum atomic E-state index is -0.907. The van der Waals surface area contributed by atoms with Gasteiger partial charge in [0.15, 0.2) is 0 Å². The molecule has 0 bridgehead atoms. The second-order valence-electron chi connectivity index (χ2n) is 3.91. The summed E-state index contributed by atoms with van der Waals surface area (Å²) in [5.41, 5.74) is 1.17. The van der Waals surface area contributed by atoms with Crippen molar-refractivity contribution in [2.45, 2.75) is 12.8 Å². The Balaban J connectivity index is 2.18. The Labute approximate surface area is 110 Å². The van der Waals surface area contributed by atoms with Crippen molar-refractivity contribution in [1.82, 2.24) is 0 Å². The third-order valence-electron chi connectivity index (χ3n) is 2.77. The molecule has 0 atom stereocenters. The smallest absolute Gasteiger partial charge is 0.336 e. The van der Waals surface area contributed by atoms with Crippen LogP contribution in [0.15, 0.2) is 35.7 Å².